The fourth-order valence-electron chi connectivity index (χ4n) is 2.62. The summed E-state index contributed by atoms with van der Waals surface area (Å²) in [5, 5.41) is 5.40. The van der Waals surface area contributed by atoms with Crippen LogP contribution in [0.2, 0.25) is 0 Å². The molecular formula is C20H18FN3OS. The van der Waals surface area contributed by atoms with Crippen LogP contribution in [0.15, 0.2) is 66.7 Å². The van der Waals surface area contributed by atoms with E-state index in [4.69, 9.17) is 12.2 Å². The molecule has 0 heterocycles. The first kappa shape index (κ1) is 17.8. The van der Waals surface area contributed by atoms with Gasteiger partial charge in [-0.3, -0.25) is 15.6 Å². The van der Waals surface area contributed by atoms with E-state index in [0.29, 0.717) is 11.7 Å². The van der Waals surface area contributed by atoms with Crippen molar-refractivity contribution in [3.8, 4) is 0 Å². The van der Waals surface area contributed by atoms with Gasteiger partial charge in [-0.1, -0.05) is 54.6 Å². The van der Waals surface area contributed by atoms with E-state index in [1.807, 2.05) is 42.5 Å². The predicted molar refractivity (Wildman–Crippen MR) is 105 cm³/mol. The van der Waals surface area contributed by atoms with Crippen molar-refractivity contribution >= 4 is 34.0 Å². The lowest BCUT2D eigenvalue weighted by Gasteiger charge is -2.12. The van der Waals surface area contributed by atoms with Gasteiger partial charge in [-0.25, -0.2) is 4.39 Å². The second-order valence-corrected chi connectivity index (χ2v) is 6.21. The summed E-state index contributed by atoms with van der Waals surface area (Å²) in [5.74, 6) is -0.470. The molecule has 0 saturated carbocycles. The van der Waals surface area contributed by atoms with E-state index < -0.39 is 0 Å². The standard InChI is InChI=1S/C20H18FN3OS/c21-17-10-8-14(9-11-17)13-22-20(26)24-23-19(25)12-16-6-3-5-15-4-1-2-7-18(15)16/h1-11H,12-13H2,(H,23,25)(H2,22,24,26). The van der Waals surface area contributed by atoms with Crippen molar-refractivity contribution in [3.63, 3.8) is 0 Å². The molecule has 0 atom stereocenters. The number of thiocarbonyl (C=S) groups is 1. The molecule has 0 saturated heterocycles. The van der Waals surface area contributed by atoms with Crippen LogP contribution in [0.25, 0.3) is 10.8 Å². The van der Waals surface area contributed by atoms with Crippen molar-refractivity contribution in [1.82, 2.24) is 16.2 Å². The average Bonchev–Trinajstić information content (AvgIpc) is 2.66. The van der Waals surface area contributed by atoms with Crippen molar-refractivity contribution < 1.29 is 9.18 Å². The fraction of sp³-hybridized carbons (Fsp3) is 0.100. The summed E-state index contributed by atoms with van der Waals surface area (Å²) in [6, 6.07) is 20.0. The van der Waals surface area contributed by atoms with E-state index in [0.717, 1.165) is 21.9 Å². The summed E-state index contributed by atoms with van der Waals surface area (Å²) in [5.41, 5.74) is 7.11. The third kappa shape index (κ3) is 4.77. The number of halogens is 1. The number of rotatable bonds is 4. The van der Waals surface area contributed by atoms with Crippen molar-refractivity contribution in [3.05, 3.63) is 83.7 Å². The monoisotopic (exact) mass is 367 g/mol. The Bertz CT molecular complexity index is 922. The van der Waals surface area contributed by atoms with Gasteiger partial charge in [0.15, 0.2) is 5.11 Å². The minimum Gasteiger partial charge on any atom is -0.357 e. The van der Waals surface area contributed by atoms with Gasteiger partial charge in [0.05, 0.1) is 6.42 Å². The third-order valence-electron chi connectivity index (χ3n) is 3.91. The van der Waals surface area contributed by atoms with E-state index in [1.54, 1.807) is 12.1 Å². The highest BCUT2D eigenvalue weighted by atomic mass is 32.1. The highest BCUT2D eigenvalue weighted by Crippen LogP contribution is 2.18. The first-order chi connectivity index (χ1) is 12.6. The molecule has 0 unspecified atom stereocenters. The molecule has 0 radical (unpaired) electrons. The van der Waals surface area contributed by atoms with E-state index in [9.17, 15) is 9.18 Å². The lowest BCUT2D eigenvalue weighted by molar-refractivity contribution is -0.120. The molecule has 3 rings (SSSR count). The number of fused-ring (bicyclic) bond motifs is 1. The Morgan fingerprint density at radius 3 is 2.46 bits per heavy atom. The molecular weight excluding hydrogens is 349 g/mol. The molecule has 4 nitrogen and oxygen atoms in total. The van der Waals surface area contributed by atoms with Crippen LogP contribution in [0.3, 0.4) is 0 Å². The minimum absolute atomic E-state index is 0.188. The lowest BCUT2D eigenvalue weighted by Crippen LogP contribution is -2.47. The minimum atomic E-state index is -0.282. The fourth-order valence-corrected chi connectivity index (χ4v) is 2.74. The average molecular weight is 367 g/mol. The summed E-state index contributed by atoms with van der Waals surface area (Å²) in [6.45, 7) is 0.436. The molecule has 1 amide bonds. The number of carbonyl (C=O) groups is 1. The second kappa shape index (κ2) is 8.40. The summed E-state index contributed by atoms with van der Waals surface area (Å²) in [6.07, 6.45) is 0.245. The van der Waals surface area contributed by atoms with E-state index >= 15 is 0 Å². The van der Waals surface area contributed by atoms with Crippen molar-refractivity contribution in [2.45, 2.75) is 13.0 Å². The Balaban J connectivity index is 1.49. The molecule has 0 aromatic heterocycles. The largest absolute Gasteiger partial charge is 0.357 e. The van der Waals surface area contributed by atoms with Crippen LogP contribution in [-0.4, -0.2) is 11.0 Å². The van der Waals surface area contributed by atoms with Crippen molar-refractivity contribution in [2.24, 2.45) is 0 Å². The Hall–Kier alpha value is -2.99. The first-order valence-corrected chi connectivity index (χ1v) is 8.56. The van der Waals surface area contributed by atoms with Gasteiger partial charge in [0.1, 0.15) is 5.82 Å². The third-order valence-corrected chi connectivity index (χ3v) is 4.16. The normalized spacial score (nSPS) is 10.3. The van der Waals surface area contributed by atoms with Crippen LogP contribution in [0.5, 0.6) is 0 Å². The molecule has 0 aliphatic rings. The quantitative estimate of drug-likeness (QED) is 0.490. The van der Waals surface area contributed by atoms with Crippen LogP contribution in [0.1, 0.15) is 11.1 Å². The van der Waals surface area contributed by atoms with Crippen molar-refractivity contribution in [1.29, 1.82) is 0 Å². The Labute approximate surface area is 156 Å². The molecule has 0 bridgehead atoms. The highest BCUT2D eigenvalue weighted by molar-refractivity contribution is 7.80. The zero-order valence-electron chi connectivity index (χ0n) is 14.0. The van der Waals surface area contributed by atoms with E-state index in [1.165, 1.54) is 12.1 Å². The number of benzene rings is 3. The molecule has 0 fully saturated rings. The maximum atomic E-state index is 12.9. The number of hydrogen-bond donors (Lipinski definition) is 3. The summed E-state index contributed by atoms with van der Waals surface area (Å²) in [7, 11) is 0. The van der Waals surface area contributed by atoms with Gasteiger partial charge in [0, 0.05) is 6.54 Å². The molecule has 26 heavy (non-hydrogen) atoms. The number of amides is 1. The smallest absolute Gasteiger partial charge is 0.242 e. The molecule has 132 valence electrons. The number of carbonyl (C=O) groups excluding carboxylic acids is 1. The second-order valence-electron chi connectivity index (χ2n) is 5.80. The molecule has 0 aliphatic heterocycles. The maximum Gasteiger partial charge on any atom is 0.242 e. The molecule has 3 aromatic carbocycles. The number of hydrazine groups is 1. The zero-order valence-corrected chi connectivity index (χ0v) is 14.8. The molecule has 6 heteroatoms. The lowest BCUT2D eigenvalue weighted by atomic mass is 10.0. The number of nitrogens with one attached hydrogen (secondary N) is 3. The summed E-state index contributed by atoms with van der Waals surface area (Å²) in [4.78, 5) is 12.2. The van der Waals surface area contributed by atoms with Crippen molar-refractivity contribution in [2.75, 3.05) is 0 Å². The summed E-state index contributed by atoms with van der Waals surface area (Å²) < 4.78 is 12.9. The molecule has 0 spiro atoms. The van der Waals surface area contributed by atoms with E-state index in [-0.39, 0.29) is 18.1 Å². The van der Waals surface area contributed by atoms with Crippen LogP contribution in [-0.2, 0) is 17.8 Å². The molecule has 3 N–H and O–H groups in total. The van der Waals surface area contributed by atoms with Crippen LogP contribution < -0.4 is 16.2 Å². The van der Waals surface area contributed by atoms with Crippen LogP contribution in [0.4, 0.5) is 4.39 Å². The Morgan fingerprint density at radius 1 is 0.923 bits per heavy atom. The topological polar surface area (TPSA) is 53.2 Å². The number of hydrogen-bond acceptors (Lipinski definition) is 2. The van der Waals surface area contributed by atoms with Gasteiger partial charge >= 0.3 is 0 Å². The SMILES string of the molecule is O=C(Cc1cccc2ccccc12)NNC(=S)NCc1ccc(F)cc1. The van der Waals surface area contributed by atoms with Gasteiger partial charge in [0.25, 0.3) is 0 Å². The van der Waals surface area contributed by atoms with Crippen LogP contribution in [0, 0.1) is 5.82 Å². The van der Waals surface area contributed by atoms with Gasteiger partial charge in [-0.15, -0.1) is 0 Å². The first-order valence-electron chi connectivity index (χ1n) is 8.15. The van der Waals surface area contributed by atoms with Gasteiger partial charge < -0.3 is 5.32 Å². The molecule has 3 aromatic rings. The molecule has 0 aliphatic carbocycles. The summed E-state index contributed by atoms with van der Waals surface area (Å²) >= 11 is 5.13. The highest BCUT2D eigenvalue weighted by Gasteiger charge is 2.07. The Morgan fingerprint density at radius 2 is 1.65 bits per heavy atom. The maximum absolute atomic E-state index is 12.9. The van der Waals surface area contributed by atoms with Gasteiger partial charge in [0.2, 0.25) is 5.91 Å². The van der Waals surface area contributed by atoms with Crippen LogP contribution >= 0.6 is 12.2 Å². The van der Waals surface area contributed by atoms with Gasteiger partial charge in [-0.2, -0.15) is 0 Å². The predicted octanol–water partition coefficient (Wildman–Crippen LogP) is 3.22. The van der Waals surface area contributed by atoms with Gasteiger partial charge in [-0.05, 0) is 46.2 Å². The zero-order chi connectivity index (χ0) is 18.4. The van der Waals surface area contributed by atoms with E-state index in [2.05, 4.69) is 16.2 Å². The Kier molecular flexibility index (Phi) is 5.76.